The van der Waals surface area contributed by atoms with Gasteiger partial charge < -0.3 is 9.64 Å². The first kappa shape index (κ1) is 23.7. The second kappa shape index (κ2) is 9.20. The van der Waals surface area contributed by atoms with Crippen LogP contribution in [0.4, 0.5) is 20.4 Å². The van der Waals surface area contributed by atoms with E-state index in [1.807, 2.05) is 17.9 Å². The number of aryl methyl sites for hydroxylation is 1. The quantitative estimate of drug-likeness (QED) is 0.528. The average Bonchev–Trinajstić information content (AvgIpc) is 3.29. The van der Waals surface area contributed by atoms with Gasteiger partial charge in [-0.2, -0.15) is 5.10 Å². The van der Waals surface area contributed by atoms with Crippen molar-refractivity contribution in [2.75, 3.05) is 25.1 Å². The SMILES string of the molecule is COC(=O)C12CCN(Cc3cccc(Cl)c3F)C(CN(c3cc(C)[nH]n3)c3ccc(F)c(n3)C1)C2. The third-order valence-corrected chi connectivity index (χ3v) is 7.38. The molecule has 2 aliphatic heterocycles. The number of carbonyl (C=O) groups excluding carboxylic acids is 1. The maximum atomic E-state index is 14.9. The van der Waals surface area contributed by atoms with Crippen molar-refractivity contribution in [2.45, 2.75) is 38.8 Å². The number of hydrogen-bond donors (Lipinski definition) is 1. The third-order valence-electron chi connectivity index (χ3n) is 7.09. The Bertz CT molecular complexity index is 1270. The number of rotatable bonds is 4. The maximum absolute atomic E-state index is 14.9. The molecule has 184 valence electrons. The summed E-state index contributed by atoms with van der Waals surface area (Å²) in [4.78, 5) is 21.8. The van der Waals surface area contributed by atoms with Gasteiger partial charge in [0.1, 0.15) is 17.5 Å². The van der Waals surface area contributed by atoms with Crippen molar-refractivity contribution in [1.29, 1.82) is 0 Å². The number of pyridine rings is 1. The van der Waals surface area contributed by atoms with Crippen molar-refractivity contribution in [1.82, 2.24) is 20.1 Å². The average molecular weight is 502 g/mol. The monoisotopic (exact) mass is 501 g/mol. The zero-order valence-corrected chi connectivity index (χ0v) is 20.3. The Labute approximate surface area is 207 Å². The van der Waals surface area contributed by atoms with Crippen molar-refractivity contribution in [3.05, 3.63) is 70.0 Å². The molecule has 0 saturated carbocycles. The number of esters is 1. The zero-order chi connectivity index (χ0) is 24.7. The third kappa shape index (κ3) is 4.38. The molecule has 0 amide bonds. The van der Waals surface area contributed by atoms with E-state index in [0.717, 1.165) is 5.69 Å². The molecule has 4 heterocycles. The van der Waals surface area contributed by atoms with Gasteiger partial charge in [0.25, 0.3) is 0 Å². The normalized spacial score (nSPS) is 22.3. The number of aromatic amines is 1. The first-order chi connectivity index (χ1) is 16.8. The van der Waals surface area contributed by atoms with Crippen LogP contribution in [0, 0.1) is 24.0 Å². The number of aromatic nitrogens is 3. The molecule has 1 aromatic carbocycles. The Morgan fingerprint density at radius 1 is 1.29 bits per heavy atom. The molecule has 1 N–H and O–H groups in total. The van der Waals surface area contributed by atoms with Gasteiger partial charge in [-0.1, -0.05) is 23.7 Å². The van der Waals surface area contributed by atoms with Crippen LogP contribution in [0.25, 0.3) is 0 Å². The zero-order valence-electron chi connectivity index (χ0n) is 19.5. The van der Waals surface area contributed by atoms with E-state index in [2.05, 4.69) is 20.1 Å². The van der Waals surface area contributed by atoms with E-state index in [9.17, 15) is 13.6 Å². The van der Waals surface area contributed by atoms with Crippen molar-refractivity contribution >= 4 is 29.2 Å². The number of benzene rings is 1. The summed E-state index contributed by atoms with van der Waals surface area (Å²) in [5.74, 6) is -0.118. The molecule has 0 aliphatic carbocycles. The minimum absolute atomic E-state index is 0.0715. The molecule has 2 aromatic heterocycles. The topological polar surface area (TPSA) is 74.3 Å². The summed E-state index contributed by atoms with van der Waals surface area (Å²) in [6.45, 7) is 3.13. The van der Waals surface area contributed by atoms with E-state index < -0.39 is 17.0 Å². The number of likely N-dealkylation sites (tertiary alicyclic amines) is 1. The van der Waals surface area contributed by atoms with Crippen molar-refractivity contribution in [2.24, 2.45) is 5.41 Å². The second-order valence-electron chi connectivity index (χ2n) is 9.36. The smallest absolute Gasteiger partial charge is 0.312 e. The van der Waals surface area contributed by atoms with Crippen LogP contribution >= 0.6 is 11.6 Å². The molecular weight excluding hydrogens is 476 g/mol. The Morgan fingerprint density at radius 3 is 2.86 bits per heavy atom. The Kier molecular flexibility index (Phi) is 6.23. The number of fused-ring (bicyclic) bond motifs is 4. The highest BCUT2D eigenvalue weighted by molar-refractivity contribution is 6.30. The number of nitrogens with one attached hydrogen (secondary N) is 1. The van der Waals surface area contributed by atoms with E-state index in [4.69, 9.17) is 16.3 Å². The second-order valence-corrected chi connectivity index (χ2v) is 9.76. The first-order valence-corrected chi connectivity index (χ1v) is 11.9. The molecule has 2 unspecified atom stereocenters. The molecule has 1 saturated heterocycles. The van der Waals surface area contributed by atoms with Gasteiger partial charge in [0.15, 0.2) is 5.82 Å². The number of methoxy groups -OCH3 is 1. The number of ether oxygens (including phenoxy) is 1. The molecule has 4 bridgehead atoms. The van der Waals surface area contributed by atoms with Crippen LogP contribution in [0.2, 0.25) is 5.02 Å². The number of carbonyl (C=O) groups is 1. The molecule has 5 rings (SSSR count). The number of hydrogen-bond acceptors (Lipinski definition) is 6. The van der Waals surface area contributed by atoms with Crippen molar-refractivity contribution in [3.8, 4) is 0 Å². The highest BCUT2D eigenvalue weighted by atomic mass is 35.5. The predicted molar refractivity (Wildman–Crippen MR) is 128 cm³/mol. The molecule has 7 nitrogen and oxygen atoms in total. The van der Waals surface area contributed by atoms with Gasteiger partial charge in [-0.05, 0) is 44.5 Å². The fourth-order valence-electron chi connectivity index (χ4n) is 5.26. The molecule has 1 fully saturated rings. The molecule has 0 radical (unpaired) electrons. The molecule has 0 spiro atoms. The van der Waals surface area contributed by atoms with Gasteiger partial charge in [0, 0.05) is 42.9 Å². The lowest BCUT2D eigenvalue weighted by atomic mass is 9.71. The number of nitrogens with zero attached hydrogens (tertiary/aromatic N) is 4. The van der Waals surface area contributed by atoms with Gasteiger partial charge in [0.05, 0.1) is 23.2 Å². The summed E-state index contributed by atoms with van der Waals surface area (Å²) in [5, 5.41) is 7.42. The predicted octanol–water partition coefficient (Wildman–Crippen LogP) is 4.56. The summed E-state index contributed by atoms with van der Waals surface area (Å²) in [6.07, 6.45) is 0.967. The van der Waals surface area contributed by atoms with Gasteiger partial charge in [-0.25, -0.2) is 13.8 Å². The number of H-pyrrole nitrogens is 1. The summed E-state index contributed by atoms with van der Waals surface area (Å²) >= 11 is 6.03. The van der Waals surface area contributed by atoms with E-state index >= 15 is 0 Å². The van der Waals surface area contributed by atoms with E-state index in [0.29, 0.717) is 49.7 Å². The van der Waals surface area contributed by atoms with Crippen LogP contribution in [0.15, 0.2) is 36.4 Å². The standard InChI is InChI=1S/C25H26ClF2N5O2/c1-15-10-22(31-30-15)33-14-17-11-25(24(34)35-2,12-20-19(27)6-7-21(33)29-20)8-9-32(17)13-16-4-3-5-18(26)23(16)28/h3-7,10,17H,8-9,11-14H2,1-2H3,(H,30,31). The summed E-state index contributed by atoms with van der Waals surface area (Å²) in [5.41, 5.74) is 0.634. The Morgan fingerprint density at radius 2 is 2.11 bits per heavy atom. The lowest BCUT2D eigenvalue weighted by Crippen LogP contribution is -2.54. The van der Waals surface area contributed by atoms with Crippen LogP contribution in [0.1, 0.15) is 29.8 Å². The Balaban J connectivity index is 1.59. The summed E-state index contributed by atoms with van der Waals surface area (Å²) < 4.78 is 34.9. The lowest BCUT2D eigenvalue weighted by Gasteiger charge is -2.45. The van der Waals surface area contributed by atoms with Crippen LogP contribution < -0.4 is 4.90 Å². The van der Waals surface area contributed by atoms with Gasteiger partial charge in [-0.15, -0.1) is 0 Å². The minimum Gasteiger partial charge on any atom is -0.469 e. The van der Waals surface area contributed by atoms with Crippen molar-refractivity contribution < 1.29 is 18.3 Å². The molecular formula is C25H26ClF2N5O2. The minimum atomic E-state index is -0.938. The number of piperidine rings is 1. The molecule has 35 heavy (non-hydrogen) atoms. The Hall–Kier alpha value is -3.04. The van der Waals surface area contributed by atoms with Crippen LogP contribution in [0.5, 0.6) is 0 Å². The largest absolute Gasteiger partial charge is 0.469 e. The van der Waals surface area contributed by atoms with Gasteiger partial charge in [-0.3, -0.25) is 14.8 Å². The summed E-state index contributed by atoms with van der Waals surface area (Å²) in [6, 6.07) is 9.65. The van der Waals surface area contributed by atoms with Crippen LogP contribution in [-0.2, 0) is 22.5 Å². The molecule has 2 aliphatic rings. The number of halogens is 3. The summed E-state index contributed by atoms with van der Waals surface area (Å²) in [7, 11) is 1.35. The fraction of sp³-hybridized carbons (Fsp3) is 0.400. The fourth-order valence-corrected chi connectivity index (χ4v) is 5.45. The van der Waals surface area contributed by atoms with E-state index in [-0.39, 0.29) is 29.1 Å². The van der Waals surface area contributed by atoms with Gasteiger partial charge >= 0.3 is 5.97 Å². The lowest BCUT2D eigenvalue weighted by molar-refractivity contribution is -0.157. The van der Waals surface area contributed by atoms with Crippen LogP contribution in [-0.4, -0.2) is 52.3 Å². The van der Waals surface area contributed by atoms with Gasteiger partial charge in [0.2, 0.25) is 0 Å². The van der Waals surface area contributed by atoms with Crippen LogP contribution in [0.3, 0.4) is 0 Å². The highest BCUT2D eigenvalue weighted by Gasteiger charge is 2.48. The van der Waals surface area contributed by atoms with E-state index in [1.54, 1.807) is 18.2 Å². The maximum Gasteiger partial charge on any atom is 0.312 e. The molecule has 3 aromatic rings. The van der Waals surface area contributed by atoms with Crippen molar-refractivity contribution in [3.63, 3.8) is 0 Å². The molecule has 2 atom stereocenters. The first-order valence-electron chi connectivity index (χ1n) is 11.5. The van der Waals surface area contributed by atoms with E-state index in [1.165, 1.54) is 19.2 Å². The molecule has 10 heteroatoms. The highest BCUT2D eigenvalue weighted by Crippen LogP contribution is 2.42. The number of anilines is 2.